The molecular weight excluding hydrogens is 352 g/mol. The van der Waals surface area contributed by atoms with Gasteiger partial charge >= 0.3 is 0 Å². The summed E-state index contributed by atoms with van der Waals surface area (Å²) in [5.41, 5.74) is 2.08. The molecule has 0 bridgehead atoms. The molecule has 2 atom stereocenters. The minimum absolute atomic E-state index is 0.663. The first-order valence-corrected chi connectivity index (χ1v) is 9.74. The summed E-state index contributed by atoms with van der Waals surface area (Å²) < 4.78 is 1.89. The zero-order chi connectivity index (χ0) is 19.1. The van der Waals surface area contributed by atoms with Crippen molar-refractivity contribution in [3.05, 3.63) is 54.1 Å². The van der Waals surface area contributed by atoms with E-state index in [2.05, 4.69) is 47.0 Å². The summed E-state index contributed by atoms with van der Waals surface area (Å²) in [4.78, 5) is 22.5. The van der Waals surface area contributed by atoms with Crippen molar-refractivity contribution in [1.29, 1.82) is 0 Å². The van der Waals surface area contributed by atoms with Crippen molar-refractivity contribution in [2.45, 2.75) is 20.4 Å². The van der Waals surface area contributed by atoms with Crippen LogP contribution in [0.25, 0.3) is 5.82 Å². The summed E-state index contributed by atoms with van der Waals surface area (Å²) in [7, 11) is 0. The van der Waals surface area contributed by atoms with E-state index in [1.165, 1.54) is 0 Å². The topological polar surface area (TPSA) is 75.9 Å². The fourth-order valence-corrected chi connectivity index (χ4v) is 4.50. The van der Waals surface area contributed by atoms with Gasteiger partial charge in [-0.2, -0.15) is 5.10 Å². The molecule has 0 spiro atoms. The Labute approximate surface area is 164 Å². The average Bonchev–Trinajstić information content (AvgIpc) is 3.35. The Morgan fingerprint density at radius 1 is 0.893 bits per heavy atom. The van der Waals surface area contributed by atoms with Crippen molar-refractivity contribution in [3.8, 4) is 5.82 Å². The number of rotatable bonds is 4. The monoisotopic (exact) mass is 376 g/mol. The van der Waals surface area contributed by atoms with E-state index in [1.54, 1.807) is 6.33 Å². The van der Waals surface area contributed by atoms with Gasteiger partial charge in [0.05, 0.1) is 12.2 Å². The molecule has 0 N–H and O–H groups in total. The quantitative estimate of drug-likeness (QED) is 0.685. The lowest BCUT2D eigenvalue weighted by molar-refractivity contribution is 0.301. The second-order valence-corrected chi connectivity index (χ2v) is 7.86. The van der Waals surface area contributed by atoms with Gasteiger partial charge in [-0.1, -0.05) is 0 Å². The number of likely N-dealkylation sites (tertiary alicyclic amines) is 1. The number of aryl methyl sites for hydroxylation is 2. The molecule has 2 aliphatic heterocycles. The molecular formula is C20H24N8. The van der Waals surface area contributed by atoms with E-state index in [1.807, 2.05) is 37.0 Å². The lowest BCUT2D eigenvalue weighted by atomic mass is 10.0. The van der Waals surface area contributed by atoms with Crippen molar-refractivity contribution < 1.29 is 0 Å². The minimum atomic E-state index is 0.663. The highest BCUT2D eigenvalue weighted by Crippen LogP contribution is 2.34. The molecule has 8 nitrogen and oxygen atoms in total. The van der Waals surface area contributed by atoms with E-state index in [-0.39, 0.29) is 0 Å². The molecule has 3 aromatic heterocycles. The van der Waals surface area contributed by atoms with Gasteiger partial charge in [0.25, 0.3) is 0 Å². The average molecular weight is 376 g/mol. The molecule has 2 saturated heterocycles. The first-order valence-electron chi connectivity index (χ1n) is 9.74. The summed E-state index contributed by atoms with van der Waals surface area (Å²) in [6.45, 7) is 9.13. The number of fused-ring (bicyclic) bond motifs is 1. The molecule has 2 unspecified atom stereocenters. The van der Waals surface area contributed by atoms with Crippen LogP contribution in [0.15, 0.2) is 36.9 Å². The van der Waals surface area contributed by atoms with Crippen LogP contribution in [0.1, 0.15) is 17.2 Å². The summed E-state index contributed by atoms with van der Waals surface area (Å²) in [6, 6.07) is 5.98. The van der Waals surface area contributed by atoms with Gasteiger partial charge in [-0.15, -0.1) is 0 Å². The molecule has 0 saturated carbocycles. The van der Waals surface area contributed by atoms with Gasteiger partial charge in [-0.05, 0) is 37.8 Å². The van der Waals surface area contributed by atoms with Gasteiger partial charge in [-0.25, -0.2) is 24.6 Å². The normalized spacial score (nSPS) is 22.0. The molecule has 144 valence electrons. The molecule has 0 amide bonds. The van der Waals surface area contributed by atoms with Gasteiger partial charge in [-0.3, -0.25) is 4.90 Å². The third-order valence-electron chi connectivity index (χ3n) is 5.73. The highest BCUT2D eigenvalue weighted by atomic mass is 15.3. The second kappa shape index (κ2) is 6.94. The van der Waals surface area contributed by atoms with Gasteiger partial charge in [0.15, 0.2) is 5.82 Å². The van der Waals surface area contributed by atoms with E-state index in [9.17, 15) is 0 Å². The van der Waals surface area contributed by atoms with Crippen LogP contribution in [0.5, 0.6) is 0 Å². The van der Waals surface area contributed by atoms with E-state index >= 15 is 0 Å². The van der Waals surface area contributed by atoms with E-state index in [0.29, 0.717) is 11.8 Å². The Hall–Kier alpha value is -2.87. The van der Waals surface area contributed by atoms with Gasteiger partial charge < -0.3 is 4.90 Å². The zero-order valence-corrected chi connectivity index (χ0v) is 16.2. The molecule has 0 aliphatic carbocycles. The van der Waals surface area contributed by atoms with Crippen molar-refractivity contribution in [2.24, 2.45) is 11.8 Å². The van der Waals surface area contributed by atoms with Crippen molar-refractivity contribution in [3.63, 3.8) is 0 Å². The first kappa shape index (κ1) is 17.2. The number of hydrogen-bond acceptors (Lipinski definition) is 7. The predicted molar refractivity (Wildman–Crippen MR) is 105 cm³/mol. The van der Waals surface area contributed by atoms with Gasteiger partial charge in [0.2, 0.25) is 0 Å². The predicted octanol–water partition coefficient (Wildman–Crippen LogP) is 1.64. The molecule has 0 aromatic carbocycles. The highest BCUT2D eigenvalue weighted by molar-refractivity contribution is 5.45. The Morgan fingerprint density at radius 3 is 2.29 bits per heavy atom. The van der Waals surface area contributed by atoms with E-state index < -0.39 is 0 Å². The summed E-state index contributed by atoms with van der Waals surface area (Å²) in [5, 5.41) is 4.54. The van der Waals surface area contributed by atoms with Crippen LogP contribution < -0.4 is 4.90 Å². The number of hydrogen-bond donors (Lipinski definition) is 0. The van der Waals surface area contributed by atoms with E-state index in [4.69, 9.17) is 0 Å². The molecule has 2 fully saturated rings. The Balaban J connectivity index is 1.27. The second-order valence-electron chi connectivity index (χ2n) is 7.86. The molecule has 0 radical (unpaired) electrons. The number of anilines is 1. The van der Waals surface area contributed by atoms with Crippen LogP contribution in [-0.2, 0) is 6.54 Å². The molecule has 3 aromatic rings. The summed E-state index contributed by atoms with van der Waals surface area (Å²) in [6.07, 6.45) is 5.28. The standard InChI is InChI=1S/C20H24N8/c1-14-6-15(2)28(25-14)20-7-19(23-13-24-20)27-10-16-8-26(9-17(16)11-27)12-18-21-4-3-5-22-18/h3-7,13,16-17H,8-12H2,1-2H3. The van der Waals surface area contributed by atoms with E-state index in [0.717, 1.165) is 61.6 Å². The third-order valence-corrected chi connectivity index (χ3v) is 5.73. The fraction of sp³-hybridized carbons (Fsp3) is 0.450. The number of nitrogens with zero attached hydrogens (tertiary/aromatic N) is 8. The molecule has 2 aliphatic rings. The fourth-order valence-electron chi connectivity index (χ4n) is 4.50. The van der Waals surface area contributed by atoms with Crippen LogP contribution >= 0.6 is 0 Å². The maximum Gasteiger partial charge on any atom is 0.159 e. The van der Waals surface area contributed by atoms with Crippen LogP contribution in [0, 0.1) is 25.7 Å². The van der Waals surface area contributed by atoms with Gasteiger partial charge in [0.1, 0.15) is 18.0 Å². The van der Waals surface area contributed by atoms with Gasteiger partial charge in [0, 0.05) is 50.3 Å². The lowest BCUT2D eigenvalue weighted by Crippen LogP contribution is -2.29. The maximum absolute atomic E-state index is 4.54. The number of aromatic nitrogens is 6. The Bertz CT molecular complexity index is 955. The largest absolute Gasteiger partial charge is 0.356 e. The van der Waals surface area contributed by atoms with Crippen molar-refractivity contribution in [2.75, 3.05) is 31.1 Å². The van der Waals surface area contributed by atoms with Crippen molar-refractivity contribution in [1.82, 2.24) is 34.6 Å². The summed E-state index contributed by atoms with van der Waals surface area (Å²) in [5.74, 6) is 4.05. The molecule has 28 heavy (non-hydrogen) atoms. The van der Waals surface area contributed by atoms with Crippen LogP contribution in [0.2, 0.25) is 0 Å². The van der Waals surface area contributed by atoms with Crippen LogP contribution in [0.3, 0.4) is 0 Å². The third kappa shape index (κ3) is 3.24. The minimum Gasteiger partial charge on any atom is -0.356 e. The maximum atomic E-state index is 4.54. The molecule has 5 rings (SSSR count). The van der Waals surface area contributed by atoms with Crippen LogP contribution in [0.4, 0.5) is 5.82 Å². The Kier molecular flexibility index (Phi) is 4.27. The first-order chi connectivity index (χ1) is 13.7. The Morgan fingerprint density at radius 2 is 1.61 bits per heavy atom. The lowest BCUT2D eigenvalue weighted by Gasteiger charge is -2.22. The summed E-state index contributed by atoms with van der Waals surface area (Å²) >= 11 is 0. The van der Waals surface area contributed by atoms with Crippen LogP contribution in [-0.4, -0.2) is 60.8 Å². The molecule has 8 heteroatoms. The highest BCUT2D eigenvalue weighted by Gasteiger charge is 2.40. The van der Waals surface area contributed by atoms with Crippen molar-refractivity contribution >= 4 is 5.82 Å². The molecule has 5 heterocycles. The SMILES string of the molecule is Cc1cc(C)n(-c2cc(N3CC4CN(Cc5ncccn5)CC4C3)ncn2)n1. The zero-order valence-electron chi connectivity index (χ0n) is 16.2. The smallest absolute Gasteiger partial charge is 0.159 e.